The average molecular weight is 341 g/mol. The van der Waals surface area contributed by atoms with Gasteiger partial charge in [-0.25, -0.2) is 0 Å². The summed E-state index contributed by atoms with van der Waals surface area (Å²) in [5.74, 6) is 0.185. The third-order valence-corrected chi connectivity index (χ3v) is 4.43. The minimum absolute atomic E-state index is 0.0395. The molecule has 7 heteroatoms. The zero-order chi connectivity index (χ0) is 17.4. The van der Waals surface area contributed by atoms with Crippen molar-refractivity contribution in [3.05, 3.63) is 0 Å². The van der Waals surface area contributed by atoms with Gasteiger partial charge in [0.1, 0.15) is 6.10 Å². The van der Waals surface area contributed by atoms with Gasteiger partial charge in [0.25, 0.3) is 5.91 Å². The van der Waals surface area contributed by atoms with E-state index in [1.807, 2.05) is 11.8 Å². The summed E-state index contributed by atoms with van der Waals surface area (Å²) in [5, 5.41) is 3.01. The molecule has 2 rings (SSSR count). The van der Waals surface area contributed by atoms with E-state index in [0.29, 0.717) is 45.4 Å². The summed E-state index contributed by atoms with van der Waals surface area (Å²) < 4.78 is 10.7. The van der Waals surface area contributed by atoms with E-state index in [0.717, 1.165) is 32.5 Å². The average Bonchev–Trinajstić information content (AvgIpc) is 3.40. The molecule has 0 radical (unpaired) electrons. The molecule has 1 N–H and O–H groups in total. The fourth-order valence-electron chi connectivity index (χ4n) is 2.74. The largest absolute Gasteiger partial charge is 0.379 e. The third-order valence-electron chi connectivity index (χ3n) is 4.43. The molecule has 2 amide bonds. The summed E-state index contributed by atoms with van der Waals surface area (Å²) in [5.41, 5.74) is 0. The molecule has 1 heterocycles. The fraction of sp³-hybridized carbons (Fsp3) is 0.882. The first-order chi connectivity index (χ1) is 11.6. The molecule has 1 saturated carbocycles. The van der Waals surface area contributed by atoms with Gasteiger partial charge in [-0.1, -0.05) is 0 Å². The maximum atomic E-state index is 12.3. The molecule has 1 atom stereocenters. The van der Waals surface area contributed by atoms with Crippen molar-refractivity contribution in [3.8, 4) is 0 Å². The van der Waals surface area contributed by atoms with Crippen molar-refractivity contribution in [3.63, 3.8) is 0 Å². The van der Waals surface area contributed by atoms with E-state index in [1.165, 1.54) is 0 Å². The van der Waals surface area contributed by atoms with Crippen molar-refractivity contribution < 1.29 is 19.1 Å². The van der Waals surface area contributed by atoms with Gasteiger partial charge >= 0.3 is 0 Å². The third kappa shape index (κ3) is 6.75. The molecule has 1 aliphatic carbocycles. The van der Waals surface area contributed by atoms with Crippen molar-refractivity contribution in [2.75, 3.05) is 52.5 Å². The smallest absolute Gasteiger partial charge is 0.251 e. The van der Waals surface area contributed by atoms with Crippen LogP contribution in [0.4, 0.5) is 0 Å². The van der Waals surface area contributed by atoms with Crippen molar-refractivity contribution in [1.29, 1.82) is 0 Å². The number of hydrogen-bond donors (Lipinski definition) is 1. The summed E-state index contributed by atoms with van der Waals surface area (Å²) in [6.07, 6.45) is 2.36. The van der Waals surface area contributed by atoms with E-state index >= 15 is 0 Å². The summed E-state index contributed by atoms with van der Waals surface area (Å²) >= 11 is 0. The lowest BCUT2D eigenvalue weighted by atomic mass is 10.2. The van der Waals surface area contributed by atoms with Gasteiger partial charge in [-0.05, 0) is 26.7 Å². The van der Waals surface area contributed by atoms with Gasteiger partial charge in [0.2, 0.25) is 5.91 Å². The topological polar surface area (TPSA) is 71.1 Å². The van der Waals surface area contributed by atoms with Crippen molar-refractivity contribution in [1.82, 2.24) is 15.1 Å². The van der Waals surface area contributed by atoms with Crippen LogP contribution in [0.1, 0.15) is 33.1 Å². The van der Waals surface area contributed by atoms with Crippen LogP contribution in [0.5, 0.6) is 0 Å². The highest BCUT2D eigenvalue weighted by Crippen LogP contribution is 2.18. The monoisotopic (exact) mass is 341 g/mol. The van der Waals surface area contributed by atoms with Gasteiger partial charge in [0.15, 0.2) is 0 Å². The first-order valence-corrected chi connectivity index (χ1v) is 9.10. The van der Waals surface area contributed by atoms with Gasteiger partial charge < -0.3 is 19.7 Å². The number of hydrogen-bond acceptors (Lipinski definition) is 5. The number of nitrogens with zero attached hydrogens (tertiary/aromatic N) is 2. The maximum absolute atomic E-state index is 12.3. The Morgan fingerprint density at radius 3 is 2.50 bits per heavy atom. The zero-order valence-corrected chi connectivity index (χ0v) is 15.0. The summed E-state index contributed by atoms with van der Waals surface area (Å²) in [4.78, 5) is 28.2. The molecule has 0 spiro atoms. The van der Waals surface area contributed by atoms with Crippen molar-refractivity contribution >= 4 is 11.8 Å². The minimum atomic E-state index is -0.429. The second-order valence-electron chi connectivity index (χ2n) is 6.47. The molecule has 24 heavy (non-hydrogen) atoms. The van der Waals surface area contributed by atoms with E-state index in [4.69, 9.17) is 9.47 Å². The molecule has 1 unspecified atom stereocenters. The lowest BCUT2D eigenvalue weighted by Gasteiger charge is -2.35. The Morgan fingerprint density at radius 2 is 1.88 bits per heavy atom. The predicted octanol–water partition coefficient (Wildman–Crippen LogP) is 0.241. The Balaban J connectivity index is 1.58. The van der Waals surface area contributed by atoms with Crippen LogP contribution in [0.25, 0.3) is 0 Å². The second-order valence-corrected chi connectivity index (χ2v) is 6.47. The minimum Gasteiger partial charge on any atom is -0.379 e. The first kappa shape index (κ1) is 19.1. The second kappa shape index (κ2) is 9.96. The highest BCUT2D eigenvalue weighted by molar-refractivity contribution is 5.80. The standard InChI is InChI=1S/C17H31N3O4/c1-3-23-12-13-24-14(2)17(22)20-10-8-19(9-11-20)7-6-16(21)18-15-4-5-15/h14-15H,3-13H2,1-2H3,(H,18,21). The highest BCUT2D eigenvalue weighted by Gasteiger charge is 2.26. The molecule has 138 valence electrons. The quantitative estimate of drug-likeness (QED) is 0.577. The molecule has 0 bridgehead atoms. The van der Waals surface area contributed by atoms with Crippen LogP contribution in [-0.2, 0) is 19.1 Å². The summed E-state index contributed by atoms with van der Waals surface area (Å²) in [7, 11) is 0. The molecule has 7 nitrogen and oxygen atoms in total. The number of nitrogens with one attached hydrogen (secondary N) is 1. The van der Waals surface area contributed by atoms with Crippen LogP contribution >= 0.6 is 0 Å². The number of ether oxygens (including phenoxy) is 2. The maximum Gasteiger partial charge on any atom is 0.251 e. The van der Waals surface area contributed by atoms with E-state index in [9.17, 15) is 9.59 Å². The van der Waals surface area contributed by atoms with Crippen LogP contribution in [-0.4, -0.2) is 86.3 Å². The molecule has 2 fully saturated rings. The number of amides is 2. The van der Waals surface area contributed by atoms with Gasteiger partial charge in [0, 0.05) is 51.8 Å². The van der Waals surface area contributed by atoms with Crippen LogP contribution in [0, 0.1) is 0 Å². The van der Waals surface area contributed by atoms with Gasteiger partial charge in [-0.15, -0.1) is 0 Å². The SMILES string of the molecule is CCOCCOC(C)C(=O)N1CCN(CCC(=O)NC2CC2)CC1. The van der Waals surface area contributed by atoms with Gasteiger partial charge in [0.05, 0.1) is 13.2 Å². The van der Waals surface area contributed by atoms with Crippen LogP contribution in [0.15, 0.2) is 0 Å². The first-order valence-electron chi connectivity index (χ1n) is 9.10. The Bertz CT molecular complexity index is 407. The molecule has 1 saturated heterocycles. The van der Waals surface area contributed by atoms with Crippen molar-refractivity contribution in [2.24, 2.45) is 0 Å². The number of carbonyl (C=O) groups excluding carboxylic acids is 2. The van der Waals surface area contributed by atoms with Gasteiger partial charge in [-0.2, -0.15) is 0 Å². The highest BCUT2D eigenvalue weighted by atomic mass is 16.5. The Hall–Kier alpha value is -1.18. The Kier molecular flexibility index (Phi) is 7.94. The number of rotatable bonds is 10. The normalized spacial score (nSPS) is 20.0. The van der Waals surface area contributed by atoms with Crippen LogP contribution in [0.3, 0.4) is 0 Å². The molecule has 2 aliphatic rings. The van der Waals surface area contributed by atoms with E-state index in [-0.39, 0.29) is 11.8 Å². The molecule has 0 aromatic heterocycles. The van der Waals surface area contributed by atoms with Gasteiger partial charge in [-0.3, -0.25) is 14.5 Å². The molecule has 1 aliphatic heterocycles. The number of carbonyl (C=O) groups is 2. The molecular weight excluding hydrogens is 310 g/mol. The van der Waals surface area contributed by atoms with E-state index < -0.39 is 6.10 Å². The van der Waals surface area contributed by atoms with Crippen molar-refractivity contribution in [2.45, 2.75) is 45.3 Å². The lowest BCUT2D eigenvalue weighted by Crippen LogP contribution is -2.51. The van der Waals surface area contributed by atoms with E-state index in [2.05, 4.69) is 10.2 Å². The van der Waals surface area contributed by atoms with Crippen LogP contribution < -0.4 is 5.32 Å². The lowest BCUT2D eigenvalue weighted by molar-refractivity contribution is -0.145. The van der Waals surface area contributed by atoms with Crippen LogP contribution in [0.2, 0.25) is 0 Å². The molecule has 0 aromatic rings. The van der Waals surface area contributed by atoms with E-state index in [1.54, 1.807) is 6.92 Å². The summed E-state index contributed by atoms with van der Waals surface area (Å²) in [6, 6.07) is 0.427. The predicted molar refractivity (Wildman–Crippen MR) is 90.7 cm³/mol. The number of piperazine rings is 1. The Morgan fingerprint density at radius 1 is 1.17 bits per heavy atom. The Labute approximate surface area is 144 Å². The molecule has 0 aromatic carbocycles. The zero-order valence-electron chi connectivity index (χ0n) is 15.0. The molecular formula is C17H31N3O4. The summed E-state index contributed by atoms with van der Waals surface area (Å²) in [6.45, 7) is 9.13. The fourth-order valence-corrected chi connectivity index (χ4v) is 2.74.